The summed E-state index contributed by atoms with van der Waals surface area (Å²) < 4.78 is 38.7. The molecule has 1 aromatic carbocycles. The van der Waals surface area contributed by atoms with Gasteiger partial charge >= 0.3 is 11.9 Å². The highest BCUT2D eigenvalue weighted by atomic mass is 19.4. The van der Waals surface area contributed by atoms with Crippen molar-refractivity contribution in [1.29, 1.82) is 0 Å². The number of hydrogen-bond donors (Lipinski definition) is 3. The number of nitrogens with zero attached hydrogens (tertiary/aromatic N) is 2. The summed E-state index contributed by atoms with van der Waals surface area (Å²) in [4.78, 5) is 43.7. The molecule has 2 aromatic heterocycles. The van der Waals surface area contributed by atoms with E-state index in [9.17, 15) is 32.7 Å². The first-order chi connectivity index (χ1) is 12.6. The molecule has 0 saturated heterocycles. The Morgan fingerprint density at radius 1 is 1.11 bits per heavy atom. The van der Waals surface area contributed by atoms with E-state index in [4.69, 9.17) is 0 Å². The lowest BCUT2D eigenvalue weighted by Crippen LogP contribution is -2.31. The van der Waals surface area contributed by atoms with Crippen molar-refractivity contribution in [1.82, 2.24) is 19.5 Å². The topological polar surface area (TPSA) is 121 Å². The third-order valence-electron chi connectivity index (χ3n) is 3.78. The molecule has 2 heterocycles. The number of H-pyrrole nitrogens is 2. The summed E-state index contributed by atoms with van der Waals surface area (Å²) in [5.74, 6) is -0.526. The predicted octanol–water partition coefficient (Wildman–Crippen LogP) is 1.38. The van der Waals surface area contributed by atoms with Crippen LogP contribution in [-0.2, 0) is 13.2 Å². The number of aliphatic hydroxyl groups is 1. The van der Waals surface area contributed by atoms with Crippen LogP contribution in [0, 0.1) is 0 Å². The molecule has 0 unspecified atom stereocenters. The van der Waals surface area contributed by atoms with Crippen LogP contribution >= 0.6 is 0 Å². The number of hydrogen-bond acceptors (Lipinski definition) is 5. The van der Waals surface area contributed by atoms with Crippen LogP contribution in [0.1, 0.15) is 16.8 Å². The van der Waals surface area contributed by atoms with Gasteiger partial charge < -0.3 is 10.1 Å². The summed E-state index contributed by atoms with van der Waals surface area (Å²) in [6.07, 6.45) is -3.61. The molecule has 3 rings (SSSR count). The number of rotatable bonds is 2. The first kappa shape index (κ1) is 18.2. The molecule has 0 atom stereocenters. The van der Waals surface area contributed by atoms with Crippen molar-refractivity contribution in [3.63, 3.8) is 0 Å². The normalized spacial score (nSPS) is 12.5. The van der Waals surface area contributed by atoms with Gasteiger partial charge in [-0.15, -0.1) is 0 Å². The number of benzene rings is 1. The van der Waals surface area contributed by atoms with Gasteiger partial charge in [0.25, 0.3) is 11.1 Å². The fourth-order valence-electron chi connectivity index (χ4n) is 2.34. The van der Waals surface area contributed by atoms with Crippen LogP contribution in [0.2, 0.25) is 0 Å². The highest BCUT2D eigenvalue weighted by Crippen LogP contribution is 2.29. The molecule has 3 N–H and O–H groups in total. The molecule has 0 amide bonds. The lowest BCUT2D eigenvalue weighted by Gasteiger charge is -2.07. The van der Waals surface area contributed by atoms with Crippen molar-refractivity contribution in [2.24, 2.45) is 7.05 Å². The largest absolute Gasteiger partial charge is 0.507 e. The standard InChI is InChI=1S/C16H11F3N4O4/c1-23-12-11(14(26)22-15(23)27)20-9(13(25)21-12)6-10(24)7-2-4-8(5-3-7)16(17,18)19/h2-6,24H,1H3,(H,21,25)(H,22,26,27)/b10-6-. The summed E-state index contributed by atoms with van der Waals surface area (Å²) >= 11 is 0. The van der Waals surface area contributed by atoms with E-state index in [0.717, 1.165) is 34.9 Å². The average Bonchev–Trinajstić information content (AvgIpc) is 2.60. The molecule has 0 saturated carbocycles. The van der Waals surface area contributed by atoms with Gasteiger partial charge in [0, 0.05) is 18.7 Å². The van der Waals surface area contributed by atoms with Crippen LogP contribution in [0.15, 0.2) is 38.6 Å². The van der Waals surface area contributed by atoms with E-state index >= 15 is 0 Å². The van der Waals surface area contributed by atoms with Crippen LogP contribution in [0.3, 0.4) is 0 Å². The van der Waals surface area contributed by atoms with Gasteiger partial charge in [-0.1, -0.05) is 12.1 Å². The molecule has 0 aliphatic rings. The molecule has 3 aromatic rings. The van der Waals surface area contributed by atoms with E-state index in [-0.39, 0.29) is 22.4 Å². The summed E-state index contributed by atoms with van der Waals surface area (Å²) in [5.41, 5.74) is -3.99. The quantitative estimate of drug-likeness (QED) is 0.580. The van der Waals surface area contributed by atoms with Gasteiger partial charge in [-0.2, -0.15) is 13.2 Å². The maximum absolute atomic E-state index is 12.6. The molecule has 0 bridgehead atoms. The van der Waals surface area contributed by atoms with Gasteiger partial charge in [-0.25, -0.2) is 9.78 Å². The van der Waals surface area contributed by atoms with Crippen LogP contribution in [0.25, 0.3) is 23.0 Å². The third kappa shape index (κ3) is 3.38. The van der Waals surface area contributed by atoms with Gasteiger partial charge in [0.05, 0.1) is 5.56 Å². The smallest absolute Gasteiger partial charge is 0.416 e. The lowest BCUT2D eigenvalue weighted by atomic mass is 10.1. The Labute approximate surface area is 147 Å². The number of aromatic amines is 2. The molecular weight excluding hydrogens is 369 g/mol. The van der Waals surface area contributed by atoms with Crippen molar-refractivity contribution in [3.05, 3.63) is 72.3 Å². The van der Waals surface area contributed by atoms with Crippen molar-refractivity contribution >= 4 is 23.0 Å². The molecule has 0 spiro atoms. The molecule has 8 nitrogen and oxygen atoms in total. The minimum absolute atomic E-state index is 0.0127. The Morgan fingerprint density at radius 2 is 1.74 bits per heavy atom. The molecule has 140 valence electrons. The van der Waals surface area contributed by atoms with Crippen molar-refractivity contribution < 1.29 is 18.3 Å². The summed E-state index contributed by atoms with van der Waals surface area (Å²) in [7, 11) is 1.31. The number of aliphatic hydroxyl groups excluding tert-OH is 1. The summed E-state index contributed by atoms with van der Waals surface area (Å²) in [6, 6.07) is 3.61. The average molecular weight is 380 g/mol. The molecule has 0 aliphatic carbocycles. The zero-order valence-corrected chi connectivity index (χ0v) is 13.6. The monoisotopic (exact) mass is 380 g/mol. The number of nitrogens with one attached hydrogen (secondary N) is 2. The Bertz CT molecular complexity index is 1230. The molecule has 27 heavy (non-hydrogen) atoms. The fourth-order valence-corrected chi connectivity index (χ4v) is 2.34. The van der Waals surface area contributed by atoms with E-state index in [1.54, 1.807) is 0 Å². The fraction of sp³-hybridized carbons (Fsp3) is 0.125. The van der Waals surface area contributed by atoms with Gasteiger partial charge in [0.15, 0.2) is 5.52 Å². The van der Waals surface area contributed by atoms with Gasteiger partial charge in [-0.05, 0) is 12.1 Å². The Morgan fingerprint density at radius 3 is 2.33 bits per heavy atom. The molecule has 0 radical (unpaired) electrons. The van der Waals surface area contributed by atoms with Crippen molar-refractivity contribution in [2.45, 2.75) is 6.18 Å². The zero-order chi connectivity index (χ0) is 19.9. The van der Waals surface area contributed by atoms with Crippen LogP contribution in [0.4, 0.5) is 13.2 Å². The summed E-state index contributed by atoms with van der Waals surface area (Å²) in [5, 5.41) is 10.1. The van der Waals surface area contributed by atoms with Crippen molar-refractivity contribution in [2.75, 3.05) is 0 Å². The van der Waals surface area contributed by atoms with E-state index in [2.05, 4.69) is 9.97 Å². The van der Waals surface area contributed by atoms with E-state index in [1.165, 1.54) is 7.05 Å². The SMILES string of the molecule is Cn1c(=O)[nH]c(=O)c2nc(/C=C(\O)c3ccc(C(F)(F)F)cc3)c(=O)[nH]c21. The number of aryl methyl sites for hydroxylation is 1. The Kier molecular flexibility index (Phi) is 4.22. The maximum Gasteiger partial charge on any atom is 0.416 e. The molecule has 11 heteroatoms. The second-order valence-electron chi connectivity index (χ2n) is 5.57. The first-order valence-electron chi connectivity index (χ1n) is 7.39. The number of fused-ring (bicyclic) bond motifs is 1. The number of alkyl halides is 3. The minimum Gasteiger partial charge on any atom is -0.507 e. The van der Waals surface area contributed by atoms with E-state index in [1.807, 2.05) is 4.98 Å². The zero-order valence-electron chi connectivity index (χ0n) is 13.6. The summed E-state index contributed by atoms with van der Waals surface area (Å²) in [6.45, 7) is 0. The maximum atomic E-state index is 12.6. The third-order valence-corrected chi connectivity index (χ3v) is 3.78. The van der Waals surface area contributed by atoms with Crippen LogP contribution in [-0.4, -0.2) is 24.6 Å². The van der Waals surface area contributed by atoms with Gasteiger partial charge in [0.1, 0.15) is 17.1 Å². The van der Waals surface area contributed by atoms with Gasteiger partial charge in [0.2, 0.25) is 0 Å². The van der Waals surface area contributed by atoms with E-state index in [0.29, 0.717) is 0 Å². The van der Waals surface area contributed by atoms with E-state index < -0.39 is 34.3 Å². The second-order valence-corrected chi connectivity index (χ2v) is 5.57. The van der Waals surface area contributed by atoms with Gasteiger partial charge in [-0.3, -0.25) is 19.1 Å². The highest BCUT2D eigenvalue weighted by Gasteiger charge is 2.30. The number of aromatic nitrogens is 4. The van der Waals surface area contributed by atoms with Crippen LogP contribution in [0.5, 0.6) is 0 Å². The molecule has 0 aliphatic heterocycles. The highest BCUT2D eigenvalue weighted by molar-refractivity contribution is 5.77. The molecular formula is C16H11F3N4O4. The minimum atomic E-state index is -4.52. The number of halogens is 3. The lowest BCUT2D eigenvalue weighted by molar-refractivity contribution is -0.137. The Balaban J connectivity index is 2.10. The first-order valence-corrected chi connectivity index (χ1v) is 7.39. The second kappa shape index (κ2) is 6.27. The van der Waals surface area contributed by atoms with Crippen LogP contribution < -0.4 is 16.8 Å². The predicted molar refractivity (Wildman–Crippen MR) is 90.2 cm³/mol. The van der Waals surface area contributed by atoms with Crippen molar-refractivity contribution in [3.8, 4) is 0 Å². The molecule has 0 fully saturated rings. The Hall–Kier alpha value is -3.63.